The zero-order chi connectivity index (χ0) is 14.8. The first-order valence-corrected chi connectivity index (χ1v) is 6.40. The van der Waals surface area contributed by atoms with Gasteiger partial charge in [-0.1, -0.05) is 39.0 Å². The standard InChI is InChI=1S/C16H18O4/c1-16(2,3)12-6-4-5-7-13(12)19-10-11-8-9-14(20-11)15(17)18/h4-9H,10H2,1-3H3,(H,17,18)/p-1. The van der Waals surface area contributed by atoms with Gasteiger partial charge in [0.15, 0.2) is 0 Å². The first kappa shape index (κ1) is 14.2. The molecule has 2 aromatic rings. The van der Waals surface area contributed by atoms with Crippen molar-refractivity contribution in [3.63, 3.8) is 0 Å². The molecule has 0 bridgehead atoms. The fraction of sp³-hybridized carbons (Fsp3) is 0.312. The quantitative estimate of drug-likeness (QED) is 0.858. The SMILES string of the molecule is CC(C)(C)c1ccccc1OCc1ccc(C(=O)[O-])o1. The van der Waals surface area contributed by atoms with Crippen LogP contribution in [-0.4, -0.2) is 5.97 Å². The lowest BCUT2D eigenvalue weighted by Crippen LogP contribution is -2.21. The number of carboxylic acid groups (broad SMARTS) is 1. The Morgan fingerprint density at radius 1 is 1.20 bits per heavy atom. The highest BCUT2D eigenvalue weighted by atomic mass is 16.5. The molecule has 4 heteroatoms. The van der Waals surface area contributed by atoms with E-state index >= 15 is 0 Å². The fourth-order valence-electron chi connectivity index (χ4n) is 1.93. The topological polar surface area (TPSA) is 62.5 Å². The highest BCUT2D eigenvalue weighted by Crippen LogP contribution is 2.31. The summed E-state index contributed by atoms with van der Waals surface area (Å²) in [4.78, 5) is 10.6. The van der Waals surface area contributed by atoms with Crippen LogP contribution in [0.25, 0.3) is 0 Å². The lowest BCUT2D eigenvalue weighted by atomic mass is 9.86. The summed E-state index contributed by atoms with van der Waals surface area (Å²) in [5, 5.41) is 10.6. The zero-order valence-electron chi connectivity index (χ0n) is 11.8. The lowest BCUT2D eigenvalue weighted by Gasteiger charge is -2.22. The molecule has 0 aliphatic rings. The molecule has 20 heavy (non-hydrogen) atoms. The summed E-state index contributed by atoms with van der Waals surface area (Å²) in [6, 6.07) is 10.7. The van der Waals surface area contributed by atoms with Crippen molar-refractivity contribution in [2.24, 2.45) is 0 Å². The van der Waals surface area contributed by atoms with E-state index in [0.717, 1.165) is 11.3 Å². The molecule has 0 unspecified atom stereocenters. The van der Waals surface area contributed by atoms with Crippen molar-refractivity contribution in [2.75, 3.05) is 0 Å². The van der Waals surface area contributed by atoms with E-state index in [1.54, 1.807) is 6.07 Å². The van der Waals surface area contributed by atoms with Crippen molar-refractivity contribution < 1.29 is 19.1 Å². The number of para-hydroxylation sites is 1. The molecule has 0 saturated heterocycles. The number of rotatable bonds is 4. The number of carboxylic acids is 1. The van der Waals surface area contributed by atoms with E-state index in [1.165, 1.54) is 6.07 Å². The second kappa shape index (κ2) is 5.41. The fourth-order valence-corrected chi connectivity index (χ4v) is 1.93. The average Bonchev–Trinajstić information content (AvgIpc) is 2.84. The minimum absolute atomic E-state index is 0.0318. The van der Waals surface area contributed by atoms with Crippen LogP contribution in [0.15, 0.2) is 40.8 Å². The smallest absolute Gasteiger partial charge is 0.149 e. The first-order chi connectivity index (χ1) is 9.38. The molecule has 1 aromatic heterocycles. The molecular weight excluding hydrogens is 256 g/mol. The molecule has 0 fully saturated rings. The molecule has 0 amide bonds. The predicted octanol–water partition coefficient (Wildman–Crippen LogP) is 2.52. The molecule has 0 aliphatic heterocycles. The van der Waals surface area contributed by atoms with Crippen molar-refractivity contribution in [1.29, 1.82) is 0 Å². The molecule has 1 aromatic carbocycles. The number of furan rings is 1. The zero-order valence-corrected chi connectivity index (χ0v) is 11.8. The average molecular weight is 273 g/mol. The summed E-state index contributed by atoms with van der Waals surface area (Å²) < 4.78 is 10.8. The number of carbonyl (C=O) groups excluding carboxylic acids is 1. The van der Waals surface area contributed by atoms with E-state index in [1.807, 2.05) is 24.3 Å². The Hall–Kier alpha value is -2.23. The van der Waals surface area contributed by atoms with E-state index in [-0.39, 0.29) is 17.8 Å². The van der Waals surface area contributed by atoms with Gasteiger partial charge in [-0.2, -0.15) is 0 Å². The third-order valence-electron chi connectivity index (χ3n) is 2.93. The van der Waals surface area contributed by atoms with Gasteiger partial charge in [-0.3, -0.25) is 0 Å². The Kier molecular flexibility index (Phi) is 3.84. The summed E-state index contributed by atoms with van der Waals surface area (Å²) in [7, 11) is 0. The van der Waals surface area contributed by atoms with Crippen LogP contribution in [0.4, 0.5) is 0 Å². The van der Waals surface area contributed by atoms with Crippen molar-refractivity contribution in [3.8, 4) is 5.75 Å². The van der Waals surface area contributed by atoms with Crippen LogP contribution in [0.1, 0.15) is 42.6 Å². The summed E-state index contributed by atoms with van der Waals surface area (Å²) >= 11 is 0. The van der Waals surface area contributed by atoms with E-state index in [9.17, 15) is 9.90 Å². The first-order valence-electron chi connectivity index (χ1n) is 6.40. The molecule has 0 spiro atoms. The molecule has 0 saturated carbocycles. The molecule has 0 aliphatic carbocycles. The Bertz CT molecular complexity index is 605. The largest absolute Gasteiger partial charge is 0.542 e. The molecule has 0 atom stereocenters. The van der Waals surface area contributed by atoms with Gasteiger partial charge in [0.05, 0.1) is 0 Å². The minimum Gasteiger partial charge on any atom is -0.542 e. The maximum Gasteiger partial charge on any atom is 0.149 e. The number of hydrogen-bond donors (Lipinski definition) is 0. The lowest BCUT2D eigenvalue weighted by molar-refractivity contribution is -0.257. The molecule has 106 valence electrons. The maximum absolute atomic E-state index is 10.6. The van der Waals surface area contributed by atoms with Crippen LogP contribution in [0.5, 0.6) is 5.75 Å². The summed E-state index contributed by atoms with van der Waals surface area (Å²) in [6.07, 6.45) is 0. The van der Waals surface area contributed by atoms with E-state index in [0.29, 0.717) is 5.76 Å². The minimum atomic E-state index is -1.33. The summed E-state index contributed by atoms with van der Waals surface area (Å²) in [6.45, 7) is 6.50. The van der Waals surface area contributed by atoms with Crippen LogP contribution in [-0.2, 0) is 12.0 Å². The Labute approximate surface area is 118 Å². The Morgan fingerprint density at radius 3 is 2.50 bits per heavy atom. The molecule has 0 N–H and O–H groups in total. The Balaban J connectivity index is 2.13. The molecule has 0 radical (unpaired) electrons. The van der Waals surface area contributed by atoms with Gasteiger partial charge in [-0.15, -0.1) is 0 Å². The molecule has 2 rings (SSSR count). The van der Waals surface area contributed by atoms with Crippen molar-refractivity contribution in [1.82, 2.24) is 0 Å². The van der Waals surface area contributed by atoms with Gasteiger partial charge in [0.2, 0.25) is 0 Å². The van der Waals surface area contributed by atoms with Gasteiger partial charge >= 0.3 is 0 Å². The van der Waals surface area contributed by atoms with Crippen molar-refractivity contribution in [3.05, 3.63) is 53.5 Å². The molecule has 1 heterocycles. The number of aromatic carboxylic acids is 1. The van der Waals surface area contributed by atoms with Crippen LogP contribution < -0.4 is 9.84 Å². The number of ether oxygens (including phenoxy) is 1. The van der Waals surface area contributed by atoms with Crippen LogP contribution in [0.3, 0.4) is 0 Å². The van der Waals surface area contributed by atoms with E-state index < -0.39 is 5.97 Å². The van der Waals surface area contributed by atoms with Crippen LogP contribution in [0, 0.1) is 0 Å². The third-order valence-corrected chi connectivity index (χ3v) is 2.93. The third kappa shape index (κ3) is 3.20. The molecule has 4 nitrogen and oxygen atoms in total. The normalized spacial score (nSPS) is 11.3. The van der Waals surface area contributed by atoms with Gasteiger partial charge in [0, 0.05) is 0 Å². The van der Waals surface area contributed by atoms with Gasteiger partial charge in [-0.05, 0) is 29.2 Å². The second-order valence-corrected chi connectivity index (χ2v) is 5.59. The van der Waals surface area contributed by atoms with Crippen molar-refractivity contribution in [2.45, 2.75) is 32.8 Å². The number of benzene rings is 1. The monoisotopic (exact) mass is 273 g/mol. The van der Waals surface area contributed by atoms with Gasteiger partial charge in [0.1, 0.15) is 29.8 Å². The van der Waals surface area contributed by atoms with Gasteiger partial charge < -0.3 is 19.1 Å². The van der Waals surface area contributed by atoms with Crippen molar-refractivity contribution >= 4 is 5.97 Å². The second-order valence-electron chi connectivity index (χ2n) is 5.59. The van der Waals surface area contributed by atoms with Crippen LogP contribution in [0.2, 0.25) is 0 Å². The van der Waals surface area contributed by atoms with E-state index in [2.05, 4.69) is 20.8 Å². The number of carbonyl (C=O) groups is 1. The van der Waals surface area contributed by atoms with Gasteiger partial charge in [-0.25, -0.2) is 0 Å². The molecular formula is C16H17O4-. The highest BCUT2D eigenvalue weighted by Gasteiger charge is 2.18. The predicted molar refractivity (Wildman–Crippen MR) is 72.5 cm³/mol. The Morgan fingerprint density at radius 2 is 1.90 bits per heavy atom. The van der Waals surface area contributed by atoms with Gasteiger partial charge in [0.25, 0.3) is 0 Å². The number of hydrogen-bond acceptors (Lipinski definition) is 4. The maximum atomic E-state index is 10.6. The summed E-state index contributed by atoms with van der Waals surface area (Å²) in [5.41, 5.74) is 1.06. The summed E-state index contributed by atoms with van der Waals surface area (Å²) in [5.74, 6) is -0.293. The van der Waals surface area contributed by atoms with Crippen LogP contribution >= 0.6 is 0 Å². The highest BCUT2D eigenvalue weighted by molar-refractivity contribution is 5.82. The van der Waals surface area contributed by atoms with E-state index in [4.69, 9.17) is 9.15 Å².